The molecule has 0 bridgehead atoms. The van der Waals surface area contributed by atoms with E-state index in [1.165, 1.54) is 0 Å². The summed E-state index contributed by atoms with van der Waals surface area (Å²) in [6.45, 7) is 3.36. The Morgan fingerprint density at radius 1 is 1.55 bits per heavy atom. The van der Waals surface area contributed by atoms with E-state index in [1.807, 2.05) is 18.9 Å². The molecule has 1 fully saturated rings. The fraction of sp³-hybridized carbons (Fsp3) is 0.750. The van der Waals surface area contributed by atoms with Crippen molar-refractivity contribution in [2.75, 3.05) is 20.1 Å². The highest BCUT2D eigenvalue weighted by Crippen LogP contribution is 2.23. The lowest BCUT2D eigenvalue weighted by Crippen LogP contribution is -2.32. The zero-order chi connectivity index (χ0) is 8.43. The van der Waals surface area contributed by atoms with Crippen LogP contribution in [-0.4, -0.2) is 25.0 Å². The number of piperidine rings is 1. The molecular formula is C8H13F2N. The summed E-state index contributed by atoms with van der Waals surface area (Å²) in [6.07, 6.45) is -0.921. The van der Waals surface area contributed by atoms with Crippen molar-refractivity contribution in [3.63, 3.8) is 0 Å². The van der Waals surface area contributed by atoms with Gasteiger partial charge in [0.15, 0.2) is 0 Å². The van der Waals surface area contributed by atoms with Crippen LogP contribution in [0.25, 0.3) is 0 Å². The molecule has 0 N–H and O–H groups in total. The van der Waals surface area contributed by atoms with E-state index in [4.69, 9.17) is 0 Å². The lowest BCUT2D eigenvalue weighted by atomic mass is 9.97. The minimum absolute atomic E-state index is 0.311. The van der Waals surface area contributed by atoms with Crippen LogP contribution in [0.5, 0.6) is 0 Å². The first-order chi connectivity index (χ1) is 5.09. The molecule has 1 rings (SSSR count). The maximum Gasteiger partial charge on any atom is 0.270 e. The van der Waals surface area contributed by atoms with Gasteiger partial charge in [0.05, 0.1) is 0 Å². The van der Waals surface area contributed by atoms with Crippen LogP contribution >= 0.6 is 0 Å². The fourth-order valence-electron chi connectivity index (χ4n) is 1.61. The highest BCUT2D eigenvalue weighted by atomic mass is 19.3. The summed E-state index contributed by atoms with van der Waals surface area (Å²) in [6, 6.07) is 0. The molecule has 0 aromatic rings. The third-order valence-electron chi connectivity index (χ3n) is 1.95. The van der Waals surface area contributed by atoms with Crippen molar-refractivity contribution in [2.45, 2.75) is 13.3 Å². The molecule has 0 amide bonds. The number of nitrogens with zero attached hydrogens (tertiary/aromatic N) is 1. The first kappa shape index (κ1) is 8.65. The second-order valence-electron chi connectivity index (χ2n) is 3.37. The van der Waals surface area contributed by atoms with Crippen molar-refractivity contribution in [2.24, 2.45) is 5.92 Å². The van der Waals surface area contributed by atoms with Crippen LogP contribution in [0.1, 0.15) is 13.3 Å². The number of hydrogen-bond donors (Lipinski definition) is 0. The van der Waals surface area contributed by atoms with Gasteiger partial charge in [-0.2, -0.15) is 8.78 Å². The average Bonchev–Trinajstić information content (AvgIpc) is 1.85. The third kappa shape index (κ3) is 2.26. The van der Waals surface area contributed by atoms with Gasteiger partial charge in [-0.25, -0.2) is 0 Å². The van der Waals surface area contributed by atoms with Crippen LogP contribution in [0.15, 0.2) is 11.7 Å². The van der Waals surface area contributed by atoms with Crippen molar-refractivity contribution in [1.82, 2.24) is 4.90 Å². The molecular weight excluding hydrogens is 148 g/mol. The minimum Gasteiger partial charge on any atom is -0.302 e. The first-order valence-corrected chi connectivity index (χ1v) is 3.81. The van der Waals surface area contributed by atoms with E-state index in [2.05, 4.69) is 0 Å². The van der Waals surface area contributed by atoms with Gasteiger partial charge in [-0.3, -0.25) is 0 Å². The molecule has 64 valence electrons. The van der Waals surface area contributed by atoms with Gasteiger partial charge in [0.25, 0.3) is 6.08 Å². The summed E-state index contributed by atoms with van der Waals surface area (Å²) in [5, 5.41) is 0. The van der Waals surface area contributed by atoms with E-state index in [0.29, 0.717) is 24.5 Å². The van der Waals surface area contributed by atoms with Gasteiger partial charge in [0.1, 0.15) is 0 Å². The lowest BCUT2D eigenvalue weighted by Gasteiger charge is -2.28. The number of hydrogen-bond acceptors (Lipinski definition) is 1. The van der Waals surface area contributed by atoms with Crippen LogP contribution in [0.4, 0.5) is 8.78 Å². The smallest absolute Gasteiger partial charge is 0.270 e. The monoisotopic (exact) mass is 161 g/mol. The molecule has 1 saturated heterocycles. The maximum atomic E-state index is 12.1. The van der Waals surface area contributed by atoms with Gasteiger partial charge in [-0.05, 0) is 19.4 Å². The van der Waals surface area contributed by atoms with E-state index < -0.39 is 6.08 Å². The minimum atomic E-state index is -1.48. The van der Waals surface area contributed by atoms with Gasteiger partial charge in [-0.15, -0.1) is 0 Å². The fourth-order valence-corrected chi connectivity index (χ4v) is 1.61. The van der Waals surface area contributed by atoms with Crippen molar-refractivity contribution in [3.8, 4) is 0 Å². The molecule has 1 nitrogen and oxygen atoms in total. The number of likely N-dealkylation sites (tertiary alicyclic amines) is 1. The van der Waals surface area contributed by atoms with Crippen LogP contribution in [0.2, 0.25) is 0 Å². The predicted octanol–water partition coefficient (Wildman–Crippen LogP) is 2.11. The summed E-state index contributed by atoms with van der Waals surface area (Å²) < 4.78 is 24.2. The average molecular weight is 161 g/mol. The topological polar surface area (TPSA) is 3.24 Å². The molecule has 1 heterocycles. The van der Waals surface area contributed by atoms with Gasteiger partial charge >= 0.3 is 0 Å². The maximum absolute atomic E-state index is 12.1. The van der Waals surface area contributed by atoms with Crippen molar-refractivity contribution in [1.29, 1.82) is 0 Å². The summed E-state index contributed by atoms with van der Waals surface area (Å²) in [4.78, 5) is 1.93. The highest BCUT2D eigenvalue weighted by Gasteiger charge is 2.20. The molecule has 0 aromatic heterocycles. The Labute approximate surface area is 65.7 Å². The molecule has 0 aromatic carbocycles. The van der Waals surface area contributed by atoms with E-state index in [0.717, 1.165) is 6.54 Å². The highest BCUT2D eigenvalue weighted by molar-refractivity contribution is 5.08. The Balaban J connectivity index is 2.64. The molecule has 3 heteroatoms. The SMILES string of the molecule is CC1CC(=C(F)F)CN(C)C1. The predicted molar refractivity (Wildman–Crippen MR) is 40.5 cm³/mol. The van der Waals surface area contributed by atoms with E-state index in [-0.39, 0.29) is 0 Å². The van der Waals surface area contributed by atoms with Gasteiger partial charge in [0.2, 0.25) is 0 Å². The van der Waals surface area contributed by atoms with Gasteiger partial charge < -0.3 is 4.90 Å². The largest absolute Gasteiger partial charge is 0.302 e. The summed E-state index contributed by atoms with van der Waals surface area (Å²) in [7, 11) is 1.87. The molecule has 0 saturated carbocycles. The molecule has 1 aliphatic rings. The standard InChI is InChI=1S/C8H13F2N/c1-6-3-7(8(9)10)5-11(2)4-6/h6H,3-5H2,1-2H3. The van der Waals surface area contributed by atoms with E-state index >= 15 is 0 Å². The molecule has 1 aliphatic heterocycles. The number of halogens is 2. The molecule has 0 aliphatic carbocycles. The third-order valence-corrected chi connectivity index (χ3v) is 1.95. The Bertz CT molecular complexity index is 161. The Kier molecular flexibility index (Phi) is 2.60. The first-order valence-electron chi connectivity index (χ1n) is 3.81. The molecule has 11 heavy (non-hydrogen) atoms. The van der Waals surface area contributed by atoms with Gasteiger partial charge in [0, 0.05) is 18.7 Å². The second kappa shape index (κ2) is 3.30. The van der Waals surface area contributed by atoms with Crippen LogP contribution in [0.3, 0.4) is 0 Å². The van der Waals surface area contributed by atoms with Crippen molar-refractivity contribution >= 4 is 0 Å². The Morgan fingerprint density at radius 2 is 2.18 bits per heavy atom. The normalized spacial score (nSPS) is 27.3. The van der Waals surface area contributed by atoms with Crippen LogP contribution in [-0.2, 0) is 0 Å². The van der Waals surface area contributed by atoms with E-state index in [1.54, 1.807) is 0 Å². The van der Waals surface area contributed by atoms with Crippen LogP contribution < -0.4 is 0 Å². The molecule has 0 radical (unpaired) electrons. The quantitative estimate of drug-likeness (QED) is 0.526. The zero-order valence-corrected chi connectivity index (χ0v) is 6.90. The van der Waals surface area contributed by atoms with Crippen molar-refractivity contribution in [3.05, 3.63) is 11.7 Å². The number of rotatable bonds is 0. The summed E-state index contributed by atoms with van der Waals surface area (Å²) >= 11 is 0. The van der Waals surface area contributed by atoms with E-state index in [9.17, 15) is 8.78 Å². The molecule has 1 atom stereocenters. The molecule has 0 spiro atoms. The zero-order valence-electron chi connectivity index (χ0n) is 6.90. The summed E-state index contributed by atoms with van der Waals surface area (Å²) in [5.41, 5.74) is 0.311. The van der Waals surface area contributed by atoms with Gasteiger partial charge in [-0.1, -0.05) is 6.92 Å². The Morgan fingerprint density at radius 3 is 2.64 bits per heavy atom. The second-order valence-corrected chi connectivity index (χ2v) is 3.37. The van der Waals surface area contributed by atoms with Crippen molar-refractivity contribution < 1.29 is 8.78 Å². The molecule has 1 unspecified atom stereocenters. The Hall–Kier alpha value is -0.440. The number of likely N-dealkylation sites (N-methyl/N-ethyl adjacent to an activating group) is 1. The lowest BCUT2D eigenvalue weighted by molar-refractivity contribution is 0.250. The summed E-state index contributed by atoms with van der Waals surface area (Å²) in [5.74, 6) is 0.366. The van der Waals surface area contributed by atoms with Crippen LogP contribution in [0, 0.1) is 5.92 Å².